The van der Waals surface area contributed by atoms with Crippen molar-refractivity contribution < 1.29 is 9.90 Å². The molecule has 1 unspecified atom stereocenters. The fraction of sp³-hybridized carbons (Fsp3) is 0.375. The third kappa shape index (κ3) is 3.69. The summed E-state index contributed by atoms with van der Waals surface area (Å²) in [4.78, 5) is 16.6. The third-order valence-electron chi connectivity index (χ3n) is 3.57. The van der Waals surface area contributed by atoms with Crippen LogP contribution in [0.4, 0.5) is 0 Å². The number of nitrogens with zero attached hydrogens (tertiary/aromatic N) is 2. The molecule has 1 atom stereocenters. The van der Waals surface area contributed by atoms with Crippen LogP contribution in [0.1, 0.15) is 31.7 Å². The van der Waals surface area contributed by atoms with E-state index in [2.05, 4.69) is 4.98 Å². The van der Waals surface area contributed by atoms with Gasteiger partial charge in [-0.15, -0.1) is 0 Å². The normalized spacial score (nSPS) is 13.8. The Kier molecular flexibility index (Phi) is 5.62. The molecule has 118 valence electrons. The van der Waals surface area contributed by atoms with Gasteiger partial charge in [0.15, 0.2) is 11.4 Å². The number of imidazole rings is 1. The molecule has 1 aromatic heterocycles. The molecule has 2 rings (SSSR count). The van der Waals surface area contributed by atoms with Gasteiger partial charge in [-0.1, -0.05) is 42.6 Å². The predicted molar refractivity (Wildman–Crippen MR) is 87.1 cm³/mol. The van der Waals surface area contributed by atoms with Crippen molar-refractivity contribution in [2.75, 3.05) is 0 Å². The van der Waals surface area contributed by atoms with Crippen molar-refractivity contribution in [3.8, 4) is 0 Å². The first-order valence-corrected chi connectivity index (χ1v) is 7.90. The minimum atomic E-state index is -1.70. The number of benzene rings is 1. The van der Waals surface area contributed by atoms with Crippen molar-refractivity contribution in [3.05, 3.63) is 52.5 Å². The molecule has 1 aromatic carbocycles. The van der Waals surface area contributed by atoms with Crippen LogP contribution < -0.4 is 0 Å². The summed E-state index contributed by atoms with van der Waals surface area (Å²) in [6.07, 6.45) is 6.74. The van der Waals surface area contributed by atoms with Gasteiger partial charge >= 0.3 is 0 Å². The van der Waals surface area contributed by atoms with Crippen LogP contribution in [0.3, 0.4) is 0 Å². The number of carbonyl (C=O) groups is 1. The Hall–Kier alpha value is -1.36. The van der Waals surface area contributed by atoms with Crippen LogP contribution >= 0.6 is 23.2 Å². The smallest absolute Gasteiger partial charge is 0.170 e. The lowest BCUT2D eigenvalue weighted by Crippen LogP contribution is -2.40. The molecular weight excluding hydrogens is 323 g/mol. The van der Waals surface area contributed by atoms with Gasteiger partial charge in [-0.2, -0.15) is 0 Å². The highest BCUT2D eigenvalue weighted by atomic mass is 35.5. The van der Waals surface area contributed by atoms with E-state index in [0.29, 0.717) is 17.0 Å². The zero-order valence-corrected chi connectivity index (χ0v) is 13.8. The van der Waals surface area contributed by atoms with E-state index in [1.807, 2.05) is 6.92 Å². The number of halogens is 2. The summed E-state index contributed by atoms with van der Waals surface area (Å²) >= 11 is 12.1. The topological polar surface area (TPSA) is 55.1 Å². The Morgan fingerprint density at radius 2 is 2.18 bits per heavy atom. The van der Waals surface area contributed by atoms with Gasteiger partial charge in [0.2, 0.25) is 0 Å². The molecule has 0 spiro atoms. The zero-order valence-electron chi connectivity index (χ0n) is 12.3. The molecule has 0 radical (unpaired) electrons. The molecule has 1 N–H and O–H groups in total. The molecule has 6 heteroatoms. The maximum Gasteiger partial charge on any atom is 0.170 e. The molecule has 0 aliphatic carbocycles. The molecular formula is C16H18Cl2N2O2. The van der Waals surface area contributed by atoms with Crippen molar-refractivity contribution in [2.45, 2.75) is 38.3 Å². The summed E-state index contributed by atoms with van der Waals surface area (Å²) in [5.74, 6) is -0.257. The lowest BCUT2D eigenvalue weighted by molar-refractivity contribution is -0.140. The average molecular weight is 341 g/mol. The van der Waals surface area contributed by atoms with Crippen molar-refractivity contribution in [1.82, 2.24) is 9.55 Å². The van der Waals surface area contributed by atoms with E-state index in [4.69, 9.17) is 23.2 Å². The van der Waals surface area contributed by atoms with Crippen molar-refractivity contribution >= 4 is 29.0 Å². The first-order chi connectivity index (χ1) is 10.5. The average Bonchev–Trinajstić information content (AvgIpc) is 2.97. The molecule has 4 nitrogen and oxygen atoms in total. The molecule has 0 saturated heterocycles. The molecule has 22 heavy (non-hydrogen) atoms. The molecule has 2 aromatic rings. The number of aromatic nitrogens is 2. The highest BCUT2D eigenvalue weighted by molar-refractivity contribution is 6.35. The SMILES string of the molecule is CCCCC(=O)C(O)(Cn1ccnc1)c1ccc(Cl)cc1Cl. The van der Waals surface area contributed by atoms with Crippen molar-refractivity contribution in [2.24, 2.45) is 0 Å². The third-order valence-corrected chi connectivity index (χ3v) is 4.11. The second-order valence-corrected chi connectivity index (χ2v) is 6.09. The number of aliphatic hydroxyl groups is 1. The van der Waals surface area contributed by atoms with E-state index >= 15 is 0 Å². The molecule has 0 saturated carbocycles. The molecule has 0 aliphatic heterocycles. The van der Waals surface area contributed by atoms with E-state index < -0.39 is 5.60 Å². The second kappa shape index (κ2) is 7.27. The zero-order chi connectivity index (χ0) is 16.2. The predicted octanol–water partition coefficient (Wildman–Crippen LogP) is 3.84. The quantitative estimate of drug-likeness (QED) is 0.833. The second-order valence-electron chi connectivity index (χ2n) is 5.25. The van der Waals surface area contributed by atoms with Crippen LogP contribution in [0.25, 0.3) is 0 Å². The first kappa shape index (κ1) is 17.0. The number of carbonyl (C=O) groups excluding carboxylic acids is 1. The van der Waals surface area contributed by atoms with Gasteiger partial charge in [-0.25, -0.2) is 4.98 Å². The molecule has 0 aliphatic rings. The first-order valence-electron chi connectivity index (χ1n) is 7.14. The minimum absolute atomic E-state index is 0.0664. The maximum atomic E-state index is 12.6. The summed E-state index contributed by atoms with van der Waals surface area (Å²) in [5, 5.41) is 11.8. The minimum Gasteiger partial charge on any atom is -0.375 e. The van der Waals surface area contributed by atoms with Crippen molar-refractivity contribution in [1.29, 1.82) is 0 Å². The lowest BCUT2D eigenvalue weighted by Gasteiger charge is -2.28. The Balaban J connectivity index is 2.41. The summed E-state index contributed by atoms with van der Waals surface area (Å²) < 4.78 is 1.66. The molecule has 0 fully saturated rings. The maximum absolute atomic E-state index is 12.6. The highest BCUT2D eigenvalue weighted by Gasteiger charge is 2.39. The Morgan fingerprint density at radius 3 is 2.77 bits per heavy atom. The summed E-state index contributed by atoms with van der Waals surface area (Å²) in [6.45, 7) is 2.06. The fourth-order valence-corrected chi connectivity index (χ4v) is 2.90. The molecule has 0 bridgehead atoms. The van der Waals surface area contributed by atoms with E-state index in [1.165, 1.54) is 6.07 Å². The molecule has 1 heterocycles. The van der Waals surface area contributed by atoms with Crippen LogP contribution in [-0.4, -0.2) is 20.4 Å². The van der Waals surface area contributed by atoms with Gasteiger partial charge < -0.3 is 9.67 Å². The Labute approximate surface area is 139 Å². The molecule has 0 amide bonds. The van der Waals surface area contributed by atoms with E-state index in [9.17, 15) is 9.90 Å². The van der Waals surface area contributed by atoms with Crippen LogP contribution in [0.2, 0.25) is 10.0 Å². The van der Waals surface area contributed by atoms with Gasteiger partial charge in [0.25, 0.3) is 0 Å². The summed E-state index contributed by atoms with van der Waals surface area (Å²) in [7, 11) is 0. The monoisotopic (exact) mass is 340 g/mol. The van der Waals surface area contributed by atoms with E-state index in [0.717, 1.165) is 12.8 Å². The van der Waals surface area contributed by atoms with Gasteiger partial charge in [0.1, 0.15) is 0 Å². The summed E-state index contributed by atoms with van der Waals surface area (Å²) in [6, 6.07) is 4.75. The fourth-order valence-electron chi connectivity index (χ4n) is 2.34. The van der Waals surface area contributed by atoms with Gasteiger partial charge in [0.05, 0.1) is 12.9 Å². The van der Waals surface area contributed by atoms with Crippen LogP contribution in [-0.2, 0) is 16.9 Å². The van der Waals surface area contributed by atoms with Crippen LogP contribution in [0, 0.1) is 0 Å². The standard InChI is InChI=1S/C16H18Cl2N2O2/c1-2-3-4-15(21)16(22,10-20-8-7-19-11-20)13-6-5-12(17)9-14(13)18/h5-9,11,22H,2-4,10H2,1H3. The van der Waals surface area contributed by atoms with Crippen molar-refractivity contribution in [3.63, 3.8) is 0 Å². The Bertz CT molecular complexity index is 644. The van der Waals surface area contributed by atoms with Gasteiger partial charge in [-0.05, 0) is 18.6 Å². The van der Waals surface area contributed by atoms with E-state index in [-0.39, 0.29) is 17.4 Å². The number of rotatable bonds is 7. The van der Waals surface area contributed by atoms with Gasteiger partial charge in [-0.3, -0.25) is 4.79 Å². The Morgan fingerprint density at radius 1 is 1.41 bits per heavy atom. The number of hydrogen-bond donors (Lipinski definition) is 1. The van der Waals surface area contributed by atoms with Crippen LogP contribution in [0.5, 0.6) is 0 Å². The highest BCUT2D eigenvalue weighted by Crippen LogP contribution is 2.34. The number of hydrogen-bond acceptors (Lipinski definition) is 3. The number of unbranched alkanes of at least 4 members (excludes halogenated alkanes) is 1. The lowest BCUT2D eigenvalue weighted by atomic mass is 9.86. The number of ketones is 1. The number of Topliss-reactive ketones (excluding diaryl/α,β-unsaturated/α-hetero) is 1. The van der Waals surface area contributed by atoms with Gasteiger partial charge in [0, 0.05) is 34.4 Å². The van der Waals surface area contributed by atoms with E-state index in [1.54, 1.807) is 35.4 Å². The summed E-state index contributed by atoms with van der Waals surface area (Å²) in [5.41, 5.74) is -1.33. The van der Waals surface area contributed by atoms with Crippen LogP contribution in [0.15, 0.2) is 36.9 Å². The largest absolute Gasteiger partial charge is 0.375 e.